The minimum atomic E-state index is -0.145. The molecule has 1 saturated carbocycles. The van der Waals surface area contributed by atoms with Crippen LogP contribution in [0.25, 0.3) is 10.6 Å². The highest BCUT2D eigenvalue weighted by Crippen LogP contribution is 2.32. The monoisotopic (exact) mass is 402 g/mol. The molecule has 7 nitrogen and oxygen atoms in total. The van der Waals surface area contributed by atoms with E-state index in [1.807, 2.05) is 25.4 Å². The first-order valence-electron chi connectivity index (χ1n) is 9.18. The predicted molar refractivity (Wildman–Crippen MR) is 107 cm³/mol. The maximum Gasteiger partial charge on any atom is 0.247 e. The van der Waals surface area contributed by atoms with Crippen molar-refractivity contribution >= 4 is 33.7 Å². The summed E-state index contributed by atoms with van der Waals surface area (Å²) >= 11 is 3.04. The maximum absolute atomic E-state index is 12.3. The van der Waals surface area contributed by atoms with Crippen LogP contribution in [0, 0.1) is 13.8 Å². The number of aryl methyl sites for hydroxylation is 2. The summed E-state index contributed by atoms with van der Waals surface area (Å²) in [4.78, 5) is 22.4. The highest BCUT2D eigenvalue weighted by Gasteiger charge is 2.19. The van der Waals surface area contributed by atoms with Gasteiger partial charge in [0, 0.05) is 17.5 Å². The van der Waals surface area contributed by atoms with Crippen molar-refractivity contribution in [2.45, 2.75) is 58.4 Å². The number of carbonyl (C=O) groups is 1. The van der Waals surface area contributed by atoms with E-state index in [0.29, 0.717) is 11.0 Å². The van der Waals surface area contributed by atoms with Crippen molar-refractivity contribution in [2.24, 2.45) is 0 Å². The number of carbonyl (C=O) groups excluding carboxylic acids is 1. The van der Waals surface area contributed by atoms with Crippen molar-refractivity contribution < 1.29 is 4.79 Å². The van der Waals surface area contributed by atoms with Gasteiger partial charge in [-0.25, -0.2) is 14.6 Å². The van der Waals surface area contributed by atoms with Gasteiger partial charge in [-0.05, 0) is 26.7 Å². The van der Waals surface area contributed by atoms with Crippen LogP contribution in [0.1, 0.15) is 54.4 Å². The summed E-state index contributed by atoms with van der Waals surface area (Å²) in [7, 11) is 0. The van der Waals surface area contributed by atoms with E-state index in [1.165, 1.54) is 43.4 Å². The van der Waals surface area contributed by atoms with E-state index in [9.17, 15) is 4.79 Å². The molecular weight excluding hydrogens is 380 g/mol. The molecule has 1 N–H and O–H groups in total. The molecule has 9 heteroatoms. The second kappa shape index (κ2) is 7.85. The summed E-state index contributed by atoms with van der Waals surface area (Å²) in [6.45, 7) is 4.11. The largest absolute Gasteiger partial charge is 0.300 e. The Labute approximate surface area is 165 Å². The molecule has 3 heterocycles. The second-order valence-corrected chi connectivity index (χ2v) is 8.97. The standard InChI is InChI=1S/C18H22N6OS2/c1-11-17(27-12(2)19-11)15-10-26-18(20-15)21-16(25)9-24-8-14(22-23-24)13-6-4-3-5-7-13/h8,10,13H,3-7,9H2,1-2H3,(H,20,21,25). The van der Waals surface area contributed by atoms with E-state index in [1.54, 1.807) is 16.0 Å². The quantitative estimate of drug-likeness (QED) is 0.692. The molecule has 4 rings (SSSR count). The minimum absolute atomic E-state index is 0.145. The van der Waals surface area contributed by atoms with Gasteiger partial charge in [0.25, 0.3) is 0 Å². The van der Waals surface area contributed by atoms with Gasteiger partial charge in [0.1, 0.15) is 6.54 Å². The summed E-state index contributed by atoms with van der Waals surface area (Å²) in [6.07, 6.45) is 8.06. The zero-order valence-electron chi connectivity index (χ0n) is 15.4. The number of rotatable bonds is 5. The van der Waals surface area contributed by atoms with Crippen LogP contribution in [0.4, 0.5) is 5.13 Å². The SMILES string of the molecule is Cc1nc(C)c(-c2csc(NC(=O)Cn3cc(C4CCCCC4)nn3)n2)s1. The Morgan fingerprint density at radius 1 is 1.26 bits per heavy atom. The maximum atomic E-state index is 12.3. The first kappa shape index (κ1) is 18.2. The number of nitrogens with zero attached hydrogens (tertiary/aromatic N) is 5. The Hall–Kier alpha value is -2.13. The lowest BCUT2D eigenvalue weighted by molar-refractivity contribution is -0.116. The van der Waals surface area contributed by atoms with Gasteiger partial charge in [0.2, 0.25) is 5.91 Å². The Balaban J connectivity index is 1.37. The number of amides is 1. The number of aromatic nitrogens is 5. The van der Waals surface area contributed by atoms with Crippen molar-refractivity contribution in [1.29, 1.82) is 0 Å². The smallest absolute Gasteiger partial charge is 0.247 e. The van der Waals surface area contributed by atoms with Crippen molar-refractivity contribution in [3.63, 3.8) is 0 Å². The van der Waals surface area contributed by atoms with Crippen LogP contribution >= 0.6 is 22.7 Å². The third-order valence-corrected chi connectivity index (χ3v) is 6.63. The molecule has 142 valence electrons. The fourth-order valence-electron chi connectivity index (χ4n) is 3.49. The third-order valence-electron chi connectivity index (χ3n) is 4.77. The average Bonchev–Trinajstić information content (AvgIpc) is 3.36. The van der Waals surface area contributed by atoms with E-state index in [2.05, 4.69) is 25.6 Å². The molecule has 1 aliphatic carbocycles. The van der Waals surface area contributed by atoms with Crippen molar-refractivity contribution in [1.82, 2.24) is 25.0 Å². The third kappa shape index (κ3) is 4.24. The normalized spacial score (nSPS) is 15.2. The molecule has 1 fully saturated rings. The van der Waals surface area contributed by atoms with E-state index >= 15 is 0 Å². The molecule has 27 heavy (non-hydrogen) atoms. The average molecular weight is 403 g/mol. The van der Waals surface area contributed by atoms with Crippen LogP contribution in [-0.4, -0.2) is 30.9 Å². The molecule has 0 aromatic carbocycles. The Morgan fingerprint density at radius 2 is 2.07 bits per heavy atom. The molecule has 0 spiro atoms. The lowest BCUT2D eigenvalue weighted by Gasteiger charge is -2.18. The minimum Gasteiger partial charge on any atom is -0.300 e. The molecule has 0 saturated heterocycles. The molecule has 0 radical (unpaired) electrons. The molecule has 0 aliphatic heterocycles. The van der Waals surface area contributed by atoms with Crippen LogP contribution in [-0.2, 0) is 11.3 Å². The summed E-state index contributed by atoms with van der Waals surface area (Å²) in [5.41, 5.74) is 2.84. The number of nitrogens with one attached hydrogen (secondary N) is 1. The first-order chi connectivity index (χ1) is 13.1. The molecule has 1 aliphatic rings. The van der Waals surface area contributed by atoms with Gasteiger partial charge < -0.3 is 5.32 Å². The van der Waals surface area contributed by atoms with Crippen LogP contribution in [0.2, 0.25) is 0 Å². The Morgan fingerprint density at radius 3 is 2.81 bits per heavy atom. The van der Waals surface area contributed by atoms with Crippen LogP contribution < -0.4 is 5.32 Å². The van der Waals surface area contributed by atoms with E-state index in [4.69, 9.17) is 0 Å². The van der Waals surface area contributed by atoms with Crippen molar-refractivity contribution in [2.75, 3.05) is 5.32 Å². The molecular formula is C18H22N6OS2. The highest BCUT2D eigenvalue weighted by atomic mass is 32.1. The van der Waals surface area contributed by atoms with E-state index < -0.39 is 0 Å². The van der Waals surface area contributed by atoms with Gasteiger partial charge in [0.05, 0.1) is 27.0 Å². The second-order valence-electron chi connectivity index (χ2n) is 6.91. The molecule has 0 unspecified atom stereocenters. The lowest BCUT2D eigenvalue weighted by Crippen LogP contribution is -2.19. The Bertz CT molecular complexity index is 937. The van der Waals surface area contributed by atoms with Gasteiger partial charge >= 0.3 is 0 Å². The lowest BCUT2D eigenvalue weighted by atomic mass is 9.87. The summed E-state index contributed by atoms with van der Waals surface area (Å²) in [5.74, 6) is 0.344. The molecule has 3 aromatic heterocycles. The summed E-state index contributed by atoms with van der Waals surface area (Å²) < 4.78 is 1.62. The summed E-state index contributed by atoms with van der Waals surface area (Å²) in [5, 5.41) is 14.8. The number of hydrogen-bond donors (Lipinski definition) is 1. The molecule has 1 amide bonds. The number of hydrogen-bond acceptors (Lipinski definition) is 7. The van der Waals surface area contributed by atoms with E-state index in [0.717, 1.165) is 27.0 Å². The van der Waals surface area contributed by atoms with Gasteiger partial charge in [-0.3, -0.25) is 4.79 Å². The van der Waals surface area contributed by atoms with Gasteiger partial charge in [-0.2, -0.15) is 0 Å². The topological polar surface area (TPSA) is 85.6 Å². The number of thiazole rings is 2. The highest BCUT2D eigenvalue weighted by molar-refractivity contribution is 7.16. The van der Waals surface area contributed by atoms with Gasteiger partial charge in [0.15, 0.2) is 5.13 Å². The zero-order valence-corrected chi connectivity index (χ0v) is 17.1. The van der Waals surface area contributed by atoms with Gasteiger partial charge in [-0.15, -0.1) is 27.8 Å². The van der Waals surface area contributed by atoms with Crippen molar-refractivity contribution in [3.8, 4) is 10.6 Å². The van der Waals surface area contributed by atoms with Crippen LogP contribution in [0.15, 0.2) is 11.6 Å². The van der Waals surface area contributed by atoms with Crippen LogP contribution in [0.3, 0.4) is 0 Å². The molecule has 3 aromatic rings. The summed E-state index contributed by atoms with van der Waals surface area (Å²) in [6, 6.07) is 0. The Kier molecular flexibility index (Phi) is 5.31. The molecule has 0 atom stereocenters. The zero-order chi connectivity index (χ0) is 18.8. The fourth-order valence-corrected chi connectivity index (χ4v) is 5.16. The van der Waals surface area contributed by atoms with Gasteiger partial charge in [-0.1, -0.05) is 24.5 Å². The van der Waals surface area contributed by atoms with Crippen molar-refractivity contribution in [3.05, 3.63) is 28.0 Å². The van der Waals surface area contributed by atoms with Crippen LogP contribution in [0.5, 0.6) is 0 Å². The number of anilines is 1. The molecule has 0 bridgehead atoms. The van der Waals surface area contributed by atoms with E-state index in [-0.39, 0.29) is 12.5 Å². The fraction of sp³-hybridized carbons (Fsp3) is 0.500. The predicted octanol–water partition coefficient (Wildman–Crippen LogP) is 4.16. The first-order valence-corrected chi connectivity index (χ1v) is 10.9.